The van der Waals surface area contributed by atoms with E-state index in [1.807, 2.05) is 0 Å². The molecule has 1 fully saturated rings. The summed E-state index contributed by atoms with van der Waals surface area (Å²) in [4.78, 5) is 0. The lowest BCUT2D eigenvalue weighted by atomic mass is 9.96. The molecule has 15 heavy (non-hydrogen) atoms. The smallest absolute Gasteiger partial charge is 0.212 e. The Morgan fingerprint density at radius 1 is 1.40 bits per heavy atom. The van der Waals surface area contributed by atoms with Crippen LogP contribution in [0.2, 0.25) is 0 Å². The normalized spacial score (nSPS) is 22.9. The average Bonchev–Trinajstić information content (AvgIpc) is 2.28. The molecule has 0 spiro atoms. The third-order valence-corrected chi connectivity index (χ3v) is 6.15. The zero-order valence-electron chi connectivity index (χ0n) is 9.45. The van der Waals surface area contributed by atoms with E-state index in [9.17, 15) is 8.42 Å². The molecule has 1 heterocycles. The Labute approximate surface area is 97.8 Å². The first-order valence-corrected chi connectivity index (χ1v) is 7.61. The van der Waals surface area contributed by atoms with Crippen molar-refractivity contribution >= 4 is 21.6 Å². The highest BCUT2D eigenvalue weighted by molar-refractivity contribution is 7.89. The monoisotopic (exact) mass is 253 g/mol. The number of sulfonamides is 1. The molecular weight excluding hydrogens is 234 g/mol. The van der Waals surface area contributed by atoms with Crippen molar-refractivity contribution in [2.24, 2.45) is 5.92 Å². The fraction of sp³-hybridized carbons (Fsp3) is 1.00. The first-order chi connectivity index (χ1) is 7.02. The molecule has 0 aromatic rings. The van der Waals surface area contributed by atoms with Crippen LogP contribution in [0.1, 0.15) is 33.1 Å². The van der Waals surface area contributed by atoms with Crippen LogP contribution in [0.3, 0.4) is 0 Å². The highest BCUT2D eigenvalue weighted by Gasteiger charge is 2.31. The predicted octanol–water partition coefficient (Wildman–Crippen LogP) is 2.07. The summed E-state index contributed by atoms with van der Waals surface area (Å²) in [5.74, 6) is 0.874. The molecule has 3 nitrogen and oxygen atoms in total. The minimum atomic E-state index is -3.14. The molecule has 90 valence electrons. The molecule has 0 saturated carbocycles. The second-order valence-corrected chi connectivity index (χ2v) is 6.92. The summed E-state index contributed by atoms with van der Waals surface area (Å²) in [6.45, 7) is 5.18. The zero-order valence-corrected chi connectivity index (χ0v) is 11.0. The number of nitrogens with zero attached hydrogens (tertiary/aromatic N) is 1. The fourth-order valence-electron chi connectivity index (χ4n) is 1.91. The molecular formula is C10H20ClNO2S. The van der Waals surface area contributed by atoms with Gasteiger partial charge in [0, 0.05) is 19.0 Å². The molecule has 1 atom stereocenters. The van der Waals surface area contributed by atoms with Gasteiger partial charge < -0.3 is 0 Å². The van der Waals surface area contributed by atoms with E-state index in [2.05, 4.69) is 6.92 Å². The van der Waals surface area contributed by atoms with E-state index in [-0.39, 0.29) is 5.88 Å². The minimum absolute atomic E-state index is 0.177. The van der Waals surface area contributed by atoms with Gasteiger partial charge in [0.15, 0.2) is 0 Å². The van der Waals surface area contributed by atoms with Crippen LogP contribution in [0.5, 0.6) is 0 Å². The average molecular weight is 254 g/mol. The maximum Gasteiger partial charge on any atom is 0.217 e. The van der Waals surface area contributed by atoms with Gasteiger partial charge in [-0.25, -0.2) is 12.7 Å². The fourth-order valence-corrected chi connectivity index (χ4v) is 3.77. The summed E-state index contributed by atoms with van der Waals surface area (Å²) < 4.78 is 25.5. The van der Waals surface area contributed by atoms with E-state index >= 15 is 0 Å². The lowest BCUT2D eigenvalue weighted by molar-refractivity contribution is 0.267. The minimum Gasteiger partial charge on any atom is -0.212 e. The molecule has 0 aromatic heterocycles. The molecule has 0 bridgehead atoms. The lowest BCUT2D eigenvalue weighted by Crippen LogP contribution is -2.43. The number of hydrogen-bond donors (Lipinski definition) is 0. The van der Waals surface area contributed by atoms with E-state index in [0.717, 1.165) is 19.3 Å². The van der Waals surface area contributed by atoms with Crippen molar-refractivity contribution in [1.82, 2.24) is 4.31 Å². The van der Waals surface area contributed by atoms with E-state index in [1.165, 1.54) is 0 Å². The van der Waals surface area contributed by atoms with Gasteiger partial charge in [0.1, 0.15) is 0 Å². The van der Waals surface area contributed by atoms with Crippen LogP contribution in [0.15, 0.2) is 0 Å². The Kier molecular flexibility index (Phi) is 4.87. The first kappa shape index (κ1) is 13.3. The Hall–Kier alpha value is 0.200. The highest BCUT2D eigenvalue weighted by Crippen LogP contribution is 2.23. The standard InChI is InChI=1S/C10H20ClNO2S/c1-3-10-4-6-12(7-5-10)15(13,14)9(2)8-11/h9-10H,3-8H2,1-2H3. The van der Waals surface area contributed by atoms with Gasteiger partial charge in [0.25, 0.3) is 0 Å². The van der Waals surface area contributed by atoms with Gasteiger partial charge in [0.2, 0.25) is 10.0 Å². The van der Waals surface area contributed by atoms with Crippen LogP contribution in [-0.2, 0) is 10.0 Å². The number of rotatable bonds is 4. The van der Waals surface area contributed by atoms with Gasteiger partial charge in [-0.15, -0.1) is 11.6 Å². The maximum absolute atomic E-state index is 12.0. The van der Waals surface area contributed by atoms with Crippen molar-refractivity contribution < 1.29 is 8.42 Å². The highest BCUT2D eigenvalue weighted by atomic mass is 35.5. The summed E-state index contributed by atoms with van der Waals surface area (Å²) >= 11 is 5.61. The Morgan fingerprint density at radius 2 is 1.93 bits per heavy atom. The van der Waals surface area contributed by atoms with E-state index in [0.29, 0.717) is 19.0 Å². The van der Waals surface area contributed by atoms with Crippen molar-refractivity contribution in [3.8, 4) is 0 Å². The SMILES string of the molecule is CCC1CCN(S(=O)(=O)C(C)CCl)CC1. The molecule has 1 aliphatic heterocycles. The second kappa shape index (κ2) is 5.51. The summed E-state index contributed by atoms with van der Waals surface area (Å²) in [5.41, 5.74) is 0. The van der Waals surface area contributed by atoms with Crippen LogP contribution in [0.4, 0.5) is 0 Å². The van der Waals surface area contributed by atoms with Crippen molar-refractivity contribution in [3.63, 3.8) is 0 Å². The van der Waals surface area contributed by atoms with Crippen LogP contribution in [0.25, 0.3) is 0 Å². The first-order valence-electron chi connectivity index (χ1n) is 5.57. The van der Waals surface area contributed by atoms with Crippen molar-refractivity contribution in [1.29, 1.82) is 0 Å². The Bertz CT molecular complexity index is 284. The third-order valence-electron chi connectivity index (χ3n) is 3.24. The molecule has 0 aliphatic carbocycles. The quantitative estimate of drug-likeness (QED) is 0.720. The lowest BCUT2D eigenvalue weighted by Gasteiger charge is -2.32. The van der Waals surface area contributed by atoms with Gasteiger partial charge in [-0.05, 0) is 25.7 Å². The number of hydrogen-bond acceptors (Lipinski definition) is 2. The van der Waals surface area contributed by atoms with E-state index in [1.54, 1.807) is 11.2 Å². The van der Waals surface area contributed by atoms with Gasteiger partial charge in [-0.1, -0.05) is 13.3 Å². The van der Waals surface area contributed by atoms with E-state index < -0.39 is 15.3 Å². The molecule has 0 N–H and O–H groups in total. The van der Waals surface area contributed by atoms with Crippen LogP contribution in [-0.4, -0.2) is 36.9 Å². The zero-order chi connectivity index (χ0) is 11.5. The second-order valence-electron chi connectivity index (χ2n) is 4.26. The Morgan fingerprint density at radius 3 is 2.33 bits per heavy atom. The molecule has 0 aromatic carbocycles. The number of halogens is 1. The maximum atomic E-state index is 12.0. The largest absolute Gasteiger partial charge is 0.217 e. The predicted molar refractivity (Wildman–Crippen MR) is 63.7 cm³/mol. The third kappa shape index (κ3) is 3.08. The van der Waals surface area contributed by atoms with Crippen molar-refractivity contribution in [3.05, 3.63) is 0 Å². The van der Waals surface area contributed by atoms with Crippen LogP contribution in [0, 0.1) is 5.92 Å². The molecule has 0 amide bonds. The molecule has 1 rings (SSSR count). The van der Waals surface area contributed by atoms with Crippen LogP contribution >= 0.6 is 11.6 Å². The molecule has 1 unspecified atom stereocenters. The van der Waals surface area contributed by atoms with Gasteiger partial charge >= 0.3 is 0 Å². The summed E-state index contributed by atoms with van der Waals surface area (Å²) in [6.07, 6.45) is 3.13. The Balaban J connectivity index is 2.60. The summed E-state index contributed by atoms with van der Waals surface area (Å²) in [5, 5.41) is -0.461. The van der Waals surface area contributed by atoms with Gasteiger partial charge in [-0.2, -0.15) is 0 Å². The number of piperidine rings is 1. The van der Waals surface area contributed by atoms with Gasteiger partial charge in [-0.3, -0.25) is 0 Å². The van der Waals surface area contributed by atoms with E-state index in [4.69, 9.17) is 11.6 Å². The number of alkyl halides is 1. The molecule has 1 saturated heterocycles. The molecule has 1 aliphatic rings. The topological polar surface area (TPSA) is 37.4 Å². The van der Waals surface area contributed by atoms with Crippen molar-refractivity contribution in [2.45, 2.75) is 38.4 Å². The van der Waals surface area contributed by atoms with Crippen molar-refractivity contribution in [2.75, 3.05) is 19.0 Å². The van der Waals surface area contributed by atoms with Crippen LogP contribution < -0.4 is 0 Å². The summed E-state index contributed by atoms with van der Waals surface area (Å²) in [6, 6.07) is 0. The molecule has 5 heteroatoms. The molecule has 0 radical (unpaired) electrons. The summed E-state index contributed by atoms with van der Waals surface area (Å²) in [7, 11) is -3.14. The van der Waals surface area contributed by atoms with Gasteiger partial charge in [0.05, 0.1) is 5.25 Å².